The predicted molar refractivity (Wildman–Crippen MR) is 104 cm³/mol. The summed E-state index contributed by atoms with van der Waals surface area (Å²) in [5.74, 6) is -0.377. The molecule has 0 saturated carbocycles. The van der Waals surface area contributed by atoms with E-state index in [2.05, 4.69) is 15.2 Å². The lowest BCUT2D eigenvalue weighted by molar-refractivity contribution is -0.134. The first kappa shape index (κ1) is 22.2. The summed E-state index contributed by atoms with van der Waals surface area (Å²) in [4.78, 5) is 31.8. The number of fused-ring (bicyclic) bond motifs is 1. The second kappa shape index (κ2) is 10.3. The van der Waals surface area contributed by atoms with Crippen LogP contribution in [0.1, 0.15) is 5.69 Å². The van der Waals surface area contributed by atoms with Crippen LogP contribution >= 0.6 is 24.8 Å². The first-order valence-electron chi connectivity index (χ1n) is 8.05. The van der Waals surface area contributed by atoms with Crippen LogP contribution in [-0.2, 0) is 16.1 Å². The number of carbonyl (C=O) groups excluding carboxylic acids is 2. The zero-order valence-electron chi connectivity index (χ0n) is 14.3. The van der Waals surface area contributed by atoms with E-state index >= 15 is 0 Å². The van der Waals surface area contributed by atoms with Crippen molar-refractivity contribution in [2.45, 2.75) is 6.54 Å². The van der Waals surface area contributed by atoms with E-state index in [0.29, 0.717) is 13.1 Å². The van der Waals surface area contributed by atoms with Crippen molar-refractivity contribution in [2.75, 3.05) is 39.3 Å². The number of imidazole rings is 1. The summed E-state index contributed by atoms with van der Waals surface area (Å²) < 4.78 is 2.01. The van der Waals surface area contributed by atoms with E-state index in [1.165, 1.54) is 0 Å². The largest absolute Gasteiger partial charge is 0.346 e. The third-order valence-corrected chi connectivity index (χ3v) is 4.15. The Morgan fingerprint density at radius 2 is 1.88 bits per heavy atom. The molecule has 26 heavy (non-hydrogen) atoms. The van der Waals surface area contributed by atoms with Gasteiger partial charge in [0.15, 0.2) is 0 Å². The Labute approximate surface area is 164 Å². The van der Waals surface area contributed by atoms with Crippen molar-refractivity contribution in [1.29, 1.82) is 0 Å². The third-order valence-electron chi connectivity index (χ3n) is 4.15. The lowest BCUT2D eigenvalue weighted by Gasteiger charge is -2.34. The fourth-order valence-corrected chi connectivity index (χ4v) is 2.81. The second-order valence-electron chi connectivity index (χ2n) is 5.84. The molecule has 1 saturated heterocycles. The molecule has 0 atom stereocenters. The third kappa shape index (κ3) is 5.57. The first-order chi connectivity index (χ1) is 11.7. The highest BCUT2D eigenvalue weighted by molar-refractivity contribution is 5.86. The monoisotopic (exact) mass is 402 g/mol. The van der Waals surface area contributed by atoms with E-state index in [1.807, 2.05) is 35.0 Å². The molecular formula is C16H24Cl2N6O2. The topological polar surface area (TPSA) is 96.0 Å². The molecule has 0 bridgehead atoms. The average Bonchev–Trinajstić information content (AvgIpc) is 3.02. The Kier molecular flexibility index (Phi) is 8.80. The molecule has 3 rings (SSSR count). The van der Waals surface area contributed by atoms with Crippen molar-refractivity contribution in [2.24, 2.45) is 5.73 Å². The van der Waals surface area contributed by atoms with Crippen LogP contribution in [0.3, 0.4) is 0 Å². The van der Waals surface area contributed by atoms with Crippen LogP contribution in [-0.4, -0.2) is 70.3 Å². The van der Waals surface area contributed by atoms with Gasteiger partial charge in [0.05, 0.1) is 18.8 Å². The number of hydrogen-bond acceptors (Lipinski definition) is 5. The van der Waals surface area contributed by atoms with E-state index in [0.717, 1.165) is 31.0 Å². The number of carbonyl (C=O) groups is 2. The van der Waals surface area contributed by atoms with Gasteiger partial charge in [0, 0.05) is 45.1 Å². The Morgan fingerprint density at radius 1 is 1.15 bits per heavy atom. The summed E-state index contributed by atoms with van der Waals surface area (Å²) in [6.45, 7) is 3.60. The van der Waals surface area contributed by atoms with Crippen LogP contribution in [0.4, 0.5) is 0 Å². The maximum Gasteiger partial charge on any atom is 0.242 e. The summed E-state index contributed by atoms with van der Waals surface area (Å²) in [6.07, 6.45) is 4.02. The normalized spacial score (nSPS) is 14.4. The summed E-state index contributed by atoms with van der Waals surface area (Å²) in [5.41, 5.74) is 7.17. The molecule has 1 fully saturated rings. The van der Waals surface area contributed by atoms with Crippen molar-refractivity contribution in [3.8, 4) is 0 Å². The molecule has 0 unspecified atom stereocenters. The molecular weight excluding hydrogens is 379 g/mol. The quantitative estimate of drug-likeness (QED) is 0.727. The van der Waals surface area contributed by atoms with E-state index in [-0.39, 0.29) is 49.7 Å². The zero-order chi connectivity index (χ0) is 16.9. The highest BCUT2D eigenvalue weighted by Crippen LogP contribution is 2.10. The lowest BCUT2D eigenvalue weighted by Crippen LogP contribution is -2.51. The molecule has 10 heteroatoms. The van der Waals surface area contributed by atoms with Crippen LogP contribution in [0, 0.1) is 0 Å². The van der Waals surface area contributed by atoms with Gasteiger partial charge in [-0.25, -0.2) is 4.98 Å². The van der Waals surface area contributed by atoms with Gasteiger partial charge in [-0.1, -0.05) is 6.07 Å². The fraction of sp³-hybridized carbons (Fsp3) is 0.438. The second-order valence-corrected chi connectivity index (χ2v) is 5.84. The van der Waals surface area contributed by atoms with E-state index in [9.17, 15) is 9.59 Å². The molecule has 3 heterocycles. The van der Waals surface area contributed by atoms with Crippen LogP contribution < -0.4 is 11.1 Å². The van der Waals surface area contributed by atoms with E-state index in [1.54, 1.807) is 4.90 Å². The minimum atomic E-state index is -0.311. The molecule has 2 aromatic heterocycles. The fourth-order valence-electron chi connectivity index (χ4n) is 2.81. The Balaban J connectivity index is 0.00000169. The number of nitrogens with zero attached hydrogens (tertiary/aromatic N) is 4. The van der Waals surface area contributed by atoms with Gasteiger partial charge in [-0.3, -0.25) is 14.5 Å². The molecule has 3 N–H and O–H groups in total. The average molecular weight is 403 g/mol. The molecule has 1 aliphatic heterocycles. The van der Waals surface area contributed by atoms with Crippen molar-refractivity contribution in [3.05, 3.63) is 36.3 Å². The summed E-state index contributed by atoms with van der Waals surface area (Å²) >= 11 is 0. The van der Waals surface area contributed by atoms with Crippen LogP contribution in [0.2, 0.25) is 0 Å². The van der Waals surface area contributed by atoms with Crippen LogP contribution in [0.5, 0.6) is 0 Å². The first-order valence-corrected chi connectivity index (χ1v) is 8.05. The van der Waals surface area contributed by atoms with E-state index < -0.39 is 0 Å². The molecule has 0 aliphatic carbocycles. The number of nitrogens with two attached hydrogens (primary N) is 1. The Hall–Kier alpha value is -1.87. The number of pyridine rings is 1. The van der Waals surface area contributed by atoms with Gasteiger partial charge in [0.2, 0.25) is 11.8 Å². The molecule has 2 aromatic rings. The molecule has 1 aliphatic rings. The number of amides is 2. The Morgan fingerprint density at radius 3 is 2.54 bits per heavy atom. The zero-order valence-corrected chi connectivity index (χ0v) is 16.0. The van der Waals surface area contributed by atoms with Crippen LogP contribution in [0.15, 0.2) is 30.6 Å². The van der Waals surface area contributed by atoms with Crippen molar-refractivity contribution < 1.29 is 9.59 Å². The maximum atomic E-state index is 12.0. The number of rotatable bonds is 5. The minimum Gasteiger partial charge on any atom is -0.346 e. The molecule has 144 valence electrons. The SMILES string of the molecule is Cl.Cl.NCC(=O)NCC(=O)N1CCN(Cc2cn3ccccc3n2)CC1. The molecule has 0 aromatic carbocycles. The van der Waals surface area contributed by atoms with Gasteiger partial charge < -0.3 is 20.4 Å². The van der Waals surface area contributed by atoms with Gasteiger partial charge in [-0.05, 0) is 12.1 Å². The number of hydrogen-bond donors (Lipinski definition) is 2. The summed E-state index contributed by atoms with van der Waals surface area (Å²) in [6, 6.07) is 5.93. The van der Waals surface area contributed by atoms with E-state index in [4.69, 9.17) is 5.73 Å². The number of aromatic nitrogens is 2. The van der Waals surface area contributed by atoms with Gasteiger partial charge in [0.25, 0.3) is 0 Å². The summed E-state index contributed by atoms with van der Waals surface area (Å²) in [7, 11) is 0. The van der Waals surface area contributed by atoms with Gasteiger partial charge in [-0.2, -0.15) is 0 Å². The lowest BCUT2D eigenvalue weighted by atomic mass is 10.3. The number of halogens is 2. The molecule has 8 nitrogen and oxygen atoms in total. The molecule has 0 spiro atoms. The van der Waals surface area contributed by atoms with Crippen LogP contribution in [0.25, 0.3) is 5.65 Å². The molecule has 0 radical (unpaired) electrons. The highest BCUT2D eigenvalue weighted by atomic mass is 35.5. The Bertz CT molecular complexity index is 697. The van der Waals surface area contributed by atoms with Gasteiger partial charge in [0.1, 0.15) is 5.65 Å². The van der Waals surface area contributed by atoms with Gasteiger partial charge in [-0.15, -0.1) is 24.8 Å². The van der Waals surface area contributed by atoms with Crippen molar-refractivity contribution in [1.82, 2.24) is 24.5 Å². The number of nitrogens with one attached hydrogen (secondary N) is 1. The minimum absolute atomic E-state index is 0. The highest BCUT2D eigenvalue weighted by Gasteiger charge is 2.21. The molecule has 2 amide bonds. The maximum absolute atomic E-state index is 12.0. The van der Waals surface area contributed by atoms with Crippen molar-refractivity contribution in [3.63, 3.8) is 0 Å². The smallest absolute Gasteiger partial charge is 0.242 e. The predicted octanol–water partition coefficient (Wildman–Crippen LogP) is -0.103. The van der Waals surface area contributed by atoms with Crippen molar-refractivity contribution >= 4 is 42.3 Å². The summed E-state index contributed by atoms with van der Waals surface area (Å²) in [5, 5.41) is 2.51. The van der Waals surface area contributed by atoms with Gasteiger partial charge >= 0.3 is 0 Å². The number of piperazine rings is 1. The standard InChI is InChI=1S/C16H22N6O2.2ClH/c17-9-15(23)18-10-16(24)21-7-5-20(6-8-21)11-13-12-22-4-2-1-3-14(22)19-13;;/h1-4,12H,5-11,17H2,(H,18,23);2*1H.